The molecule has 0 radical (unpaired) electrons. The number of aromatic nitrogens is 4. The van der Waals surface area contributed by atoms with Gasteiger partial charge < -0.3 is 15.4 Å². The zero-order valence-corrected chi connectivity index (χ0v) is 24.4. The van der Waals surface area contributed by atoms with E-state index in [-0.39, 0.29) is 34.8 Å². The minimum absolute atomic E-state index is 0.00678. The van der Waals surface area contributed by atoms with Crippen LogP contribution in [0, 0.1) is 0 Å². The van der Waals surface area contributed by atoms with Gasteiger partial charge in [-0.3, -0.25) is 4.98 Å². The standard InChI is InChI=1S/C30H34N6O4S/c1-30(2,3)40-29(37)35-21-11-12-22(35)15-20(14-21)25-26(41(4,38)39)27(31)36-28(34-25)23(17-33-36)19-10-13-24(32-16-19)18-8-6-5-7-9-18/h5-10,13,16-17,20-22H,11-12,14-15,31H2,1-4H3/t20-,21+,22-. The van der Waals surface area contributed by atoms with Gasteiger partial charge in [0.15, 0.2) is 15.5 Å². The van der Waals surface area contributed by atoms with Crippen LogP contribution in [-0.2, 0) is 14.6 Å². The average molecular weight is 575 g/mol. The van der Waals surface area contributed by atoms with Gasteiger partial charge in [-0.1, -0.05) is 36.4 Å². The summed E-state index contributed by atoms with van der Waals surface area (Å²) in [4.78, 5) is 24.4. The van der Waals surface area contributed by atoms with Crippen molar-refractivity contribution in [3.8, 4) is 22.4 Å². The molecule has 11 heteroatoms. The van der Waals surface area contributed by atoms with Crippen molar-refractivity contribution in [3.63, 3.8) is 0 Å². The van der Waals surface area contributed by atoms with Crippen LogP contribution < -0.4 is 5.73 Å². The molecule has 3 aromatic heterocycles. The quantitative estimate of drug-likeness (QED) is 0.356. The van der Waals surface area contributed by atoms with Crippen molar-refractivity contribution >= 4 is 27.4 Å². The van der Waals surface area contributed by atoms with Crippen molar-refractivity contribution in [3.05, 3.63) is 60.6 Å². The number of piperidine rings is 1. The summed E-state index contributed by atoms with van der Waals surface area (Å²) in [5, 5.41) is 4.41. The Balaban J connectivity index is 1.39. The summed E-state index contributed by atoms with van der Waals surface area (Å²) in [5.41, 5.74) is 10.2. The number of nitrogens with zero attached hydrogens (tertiary/aromatic N) is 5. The summed E-state index contributed by atoms with van der Waals surface area (Å²) in [5.74, 6) is -0.154. The monoisotopic (exact) mass is 574 g/mol. The van der Waals surface area contributed by atoms with Crippen LogP contribution in [0.5, 0.6) is 0 Å². The van der Waals surface area contributed by atoms with E-state index in [2.05, 4.69) is 10.1 Å². The highest BCUT2D eigenvalue weighted by atomic mass is 32.2. The number of amides is 1. The highest BCUT2D eigenvalue weighted by Crippen LogP contribution is 2.45. The van der Waals surface area contributed by atoms with Crippen LogP contribution in [0.3, 0.4) is 0 Å². The molecule has 2 aliphatic heterocycles. The molecule has 4 aromatic rings. The number of ether oxygens (including phenoxy) is 1. The number of carbonyl (C=O) groups is 1. The van der Waals surface area contributed by atoms with Crippen LogP contribution in [-0.4, -0.2) is 62.9 Å². The third kappa shape index (κ3) is 5.03. The van der Waals surface area contributed by atoms with Crippen LogP contribution in [0.25, 0.3) is 28.0 Å². The van der Waals surface area contributed by atoms with E-state index in [0.717, 1.165) is 35.9 Å². The second-order valence-corrected chi connectivity index (χ2v) is 14.0. The van der Waals surface area contributed by atoms with Gasteiger partial charge in [0.1, 0.15) is 16.3 Å². The van der Waals surface area contributed by atoms with Crippen LogP contribution in [0.1, 0.15) is 58.1 Å². The Hall–Kier alpha value is -3.99. The molecule has 41 heavy (non-hydrogen) atoms. The molecule has 10 nitrogen and oxygen atoms in total. The van der Waals surface area contributed by atoms with Crippen LogP contribution >= 0.6 is 0 Å². The topological polar surface area (TPSA) is 133 Å². The van der Waals surface area contributed by atoms with E-state index in [0.29, 0.717) is 29.7 Å². The molecule has 5 heterocycles. The summed E-state index contributed by atoms with van der Waals surface area (Å²) >= 11 is 0. The fourth-order valence-corrected chi connectivity index (χ4v) is 7.28. The Morgan fingerprint density at radius 3 is 2.27 bits per heavy atom. The maximum atomic E-state index is 13.1. The summed E-state index contributed by atoms with van der Waals surface area (Å²) in [7, 11) is -3.73. The largest absolute Gasteiger partial charge is 0.444 e. The molecular formula is C30H34N6O4S. The lowest BCUT2D eigenvalue weighted by Gasteiger charge is -2.39. The Bertz CT molecular complexity index is 1710. The van der Waals surface area contributed by atoms with Crippen molar-refractivity contribution in [1.29, 1.82) is 0 Å². The van der Waals surface area contributed by atoms with E-state index in [1.165, 1.54) is 4.52 Å². The van der Waals surface area contributed by atoms with Gasteiger partial charge in [-0.2, -0.15) is 9.61 Å². The normalized spacial score (nSPS) is 20.9. The number of nitrogens with two attached hydrogens (primary N) is 1. The highest BCUT2D eigenvalue weighted by molar-refractivity contribution is 7.91. The molecular weight excluding hydrogens is 540 g/mol. The van der Waals surface area contributed by atoms with E-state index in [1.807, 2.05) is 68.1 Å². The lowest BCUT2D eigenvalue weighted by atomic mass is 9.88. The fourth-order valence-electron chi connectivity index (χ4n) is 6.22. The molecule has 0 saturated carbocycles. The van der Waals surface area contributed by atoms with Gasteiger partial charge in [-0.25, -0.2) is 18.2 Å². The Morgan fingerprint density at radius 1 is 1.00 bits per heavy atom. The van der Waals surface area contributed by atoms with Crippen LogP contribution in [0.2, 0.25) is 0 Å². The first-order chi connectivity index (χ1) is 19.4. The number of hydrogen-bond donors (Lipinski definition) is 1. The van der Waals surface area contributed by atoms with Crippen LogP contribution in [0.15, 0.2) is 59.8 Å². The first kappa shape index (κ1) is 27.2. The molecule has 2 aliphatic rings. The predicted molar refractivity (Wildman–Crippen MR) is 156 cm³/mol. The van der Waals surface area contributed by atoms with Gasteiger partial charge in [0.25, 0.3) is 0 Å². The fraction of sp³-hybridized carbons (Fsp3) is 0.400. The molecule has 1 amide bonds. The van der Waals surface area contributed by atoms with E-state index in [1.54, 1.807) is 12.4 Å². The minimum atomic E-state index is -3.73. The van der Waals surface area contributed by atoms with Gasteiger partial charge in [0, 0.05) is 47.1 Å². The van der Waals surface area contributed by atoms with Gasteiger partial charge in [0.05, 0.1) is 17.6 Å². The maximum Gasteiger partial charge on any atom is 0.410 e. The molecule has 1 aromatic carbocycles. The molecule has 2 bridgehead atoms. The summed E-state index contributed by atoms with van der Waals surface area (Å²) < 4.78 is 33.2. The molecule has 0 unspecified atom stereocenters. The number of rotatable bonds is 4. The maximum absolute atomic E-state index is 13.1. The molecule has 2 N–H and O–H groups in total. The molecule has 2 saturated heterocycles. The number of nitrogen functional groups attached to an aromatic ring is 1. The molecule has 2 fully saturated rings. The average Bonchev–Trinajstić information content (AvgIpc) is 3.46. The number of fused-ring (bicyclic) bond motifs is 3. The SMILES string of the molecule is CC(C)(C)OC(=O)N1[C@@H]2CC[C@H]1C[C@@H](c1nc3c(-c4ccc(-c5ccccc5)nc4)cnn3c(N)c1S(C)(=O)=O)C2. The third-order valence-electron chi connectivity index (χ3n) is 7.90. The van der Waals surface area contributed by atoms with Gasteiger partial charge in [-0.15, -0.1) is 0 Å². The molecule has 3 atom stereocenters. The predicted octanol–water partition coefficient (Wildman–Crippen LogP) is 5.09. The van der Waals surface area contributed by atoms with Crippen LogP contribution in [0.4, 0.5) is 10.6 Å². The highest BCUT2D eigenvalue weighted by Gasteiger charge is 2.46. The lowest BCUT2D eigenvalue weighted by molar-refractivity contribution is 0.00559. The van der Waals surface area contributed by atoms with E-state index < -0.39 is 15.4 Å². The van der Waals surface area contributed by atoms with Crippen molar-refractivity contribution in [2.45, 2.75) is 75.0 Å². The molecule has 6 rings (SSSR count). The van der Waals surface area contributed by atoms with Crippen molar-refractivity contribution in [1.82, 2.24) is 24.5 Å². The van der Waals surface area contributed by atoms with E-state index in [4.69, 9.17) is 15.5 Å². The number of sulfone groups is 1. The van der Waals surface area contributed by atoms with Crippen molar-refractivity contribution in [2.75, 3.05) is 12.0 Å². The number of benzene rings is 1. The minimum Gasteiger partial charge on any atom is -0.444 e. The van der Waals surface area contributed by atoms with Gasteiger partial charge in [-0.05, 0) is 52.5 Å². The zero-order chi connectivity index (χ0) is 29.1. The second kappa shape index (κ2) is 9.83. The lowest BCUT2D eigenvalue weighted by Crippen LogP contribution is -2.48. The number of carbonyl (C=O) groups excluding carboxylic acids is 1. The Kier molecular flexibility index (Phi) is 6.52. The number of hydrogen-bond acceptors (Lipinski definition) is 8. The second-order valence-electron chi connectivity index (χ2n) is 12.0. The number of pyridine rings is 1. The molecule has 0 aliphatic carbocycles. The first-order valence-electron chi connectivity index (χ1n) is 13.8. The molecule has 214 valence electrons. The summed E-state index contributed by atoms with van der Waals surface area (Å²) in [6.07, 6.45) is 7.07. The Morgan fingerprint density at radius 2 is 1.68 bits per heavy atom. The van der Waals surface area contributed by atoms with E-state index in [9.17, 15) is 13.2 Å². The Labute approximate surface area is 239 Å². The number of anilines is 1. The molecule has 0 spiro atoms. The summed E-state index contributed by atoms with van der Waals surface area (Å²) in [6.45, 7) is 5.56. The van der Waals surface area contributed by atoms with Gasteiger partial charge in [0.2, 0.25) is 0 Å². The van der Waals surface area contributed by atoms with Crippen molar-refractivity contribution in [2.24, 2.45) is 0 Å². The zero-order valence-electron chi connectivity index (χ0n) is 23.6. The smallest absolute Gasteiger partial charge is 0.410 e. The van der Waals surface area contributed by atoms with E-state index >= 15 is 0 Å². The summed E-state index contributed by atoms with van der Waals surface area (Å²) in [6, 6.07) is 13.7. The first-order valence-corrected chi connectivity index (χ1v) is 15.7. The third-order valence-corrected chi connectivity index (χ3v) is 9.06. The van der Waals surface area contributed by atoms with Gasteiger partial charge >= 0.3 is 6.09 Å². The van der Waals surface area contributed by atoms with Crippen molar-refractivity contribution < 1.29 is 17.9 Å².